The molecule has 29 heavy (non-hydrogen) atoms. The predicted octanol–water partition coefficient (Wildman–Crippen LogP) is 3.44. The summed E-state index contributed by atoms with van der Waals surface area (Å²) >= 11 is 0. The Morgan fingerprint density at radius 3 is 2.69 bits per heavy atom. The van der Waals surface area contributed by atoms with Crippen molar-refractivity contribution >= 4 is 5.91 Å². The van der Waals surface area contributed by atoms with Crippen LogP contribution in [0.4, 0.5) is 0 Å². The first-order chi connectivity index (χ1) is 14.0. The number of hydrogen-bond donors (Lipinski definition) is 1. The number of ether oxygens (including phenoxy) is 1. The van der Waals surface area contributed by atoms with Crippen molar-refractivity contribution in [3.8, 4) is 5.75 Å². The fourth-order valence-corrected chi connectivity index (χ4v) is 3.81. The lowest BCUT2D eigenvalue weighted by Crippen LogP contribution is -2.32. The highest BCUT2D eigenvalue weighted by atomic mass is 16.5. The summed E-state index contributed by atoms with van der Waals surface area (Å²) in [7, 11) is 0. The average molecular weight is 391 g/mol. The fraction of sp³-hybridized carbons (Fsp3) is 0.304. The van der Waals surface area contributed by atoms with Crippen LogP contribution in [0.1, 0.15) is 38.9 Å². The average Bonchev–Trinajstić information content (AvgIpc) is 3.28. The van der Waals surface area contributed by atoms with E-state index in [-0.39, 0.29) is 17.9 Å². The van der Waals surface area contributed by atoms with Gasteiger partial charge in [-0.1, -0.05) is 41.6 Å². The molecule has 0 unspecified atom stereocenters. The normalized spacial score (nSPS) is 18.8. The number of rotatable bonds is 5. The van der Waals surface area contributed by atoms with Crippen LogP contribution >= 0.6 is 0 Å². The van der Waals surface area contributed by atoms with Gasteiger partial charge in [0.2, 0.25) is 0 Å². The summed E-state index contributed by atoms with van der Waals surface area (Å²) in [5.74, 6) is 1.51. The maximum absolute atomic E-state index is 13.1. The smallest absolute Gasteiger partial charge is 0.254 e. The molecule has 0 bridgehead atoms. The lowest BCUT2D eigenvalue weighted by molar-refractivity contribution is 0.0788. The Morgan fingerprint density at radius 1 is 1.17 bits per heavy atom. The second kappa shape index (κ2) is 8.09. The van der Waals surface area contributed by atoms with Crippen molar-refractivity contribution in [2.75, 3.05) is 13.1 Å². The molecule has 4 rings (SSSR count). The highest BCUT2D eigenvalue weighted by molar-refractivity contribution is 5.95. The molecule has 6 heteroatoms. The topological polar surface area (TPSA) is 81.6 Å². The van der Waals surface area contributed by atoms with Gasteiger partial charge in [0.25, 0.3) is 5.91 Å². The zero-order chi connectivity index (χ0) is 20.4. The van der Waals surface area contributed by atoms with Gasteiger partial charge in [-0.05, 0) is 37.6 Å². The lowest BCUT2D eigenvalue weighted by Gasteiger charge is -2.17. The van der Waals surface area contributed by atoms with Crippen molar-refractivity contribution in [3.05, 3.63) is 82.7 Å². The number of amides is 1. The summed E-state index contributed by atoms with van der Waals surface area (Å²) in [5, 5.41) is 3.94. The van der Waals surface area contributed by atoms with Crippen molar-refractivity contribution in [2.45, 2.75) is 32.4 Å². The van der Waals surface area contributed by atoms with E-state index in [2.05, 4.69) is 17.3 Å². The highest BCUT2D eigenvalue weighted by Gasteiger charge is 2.34. The Bertz CT molecular complexity index is 980. The molecule has 2 heterocycles. The molecule has 2 aromatic carbocycles. The van der Waals surface area contributed by atoms with Crippen LogP contribution < -0.4 is 10.5 Å². The number of benzene rings is 2. The van der Waals surface area contributed by atoms with Crippen molar-refractivity contribution in [1.29, 1.82) is 0 Å². The van der Waals surface area contributed by atoms with Gasteiger partial charge >= 0.3 is 0 Å². The standard InChI is InChI=1S/C23H25N3O3/c1-15-21(16(2)29-25-15)14-28-19-10-6-9-18(11-19)23(27)26-12-20(22(24)13-26)17-7-4-3-5-8-17/h3-11,20,22H,12-14,24H2,1-2H3/t20-,22+/m0/s1. The molecule has 1 aromatic heterocycles. The van der Waals surface area contributed by atoms with Crippen LogP contribution in [0.3, 0.4) is 0 Å². The van der Waals surface area contributed by atoms with Gasteiger partial charge in [0, 0.05) is 30.6 Å². The third-order valence-electron chi connectivity index (χ3n) is 5.53. The molecule has 2 atom stereocenters. The molecule has 0 spiro atoms. The van der Waals surface area contributed by atoms with E-state index in [0.29, 0.717) is 31.0 Å². The van der Waals surface area contributed by atoms with Crippen LogP contribution in [0.25, 0.3) is 0 Å². The molecule has 1 aliphatic rings. The molecular weight excluding hydrogens is 366 g/mol. The molecule has 1 saturated heterocycles. The van der Waals surface area contributed by atoms with E-state index in [1.807, 2.05) is 55.1 Å². The van der Waals surface area contributed by atoms with E-state index in [1.54, 1.807) is 6.07 Å². The molecule has 150 valence electrons. The second-order valence-electron chi connectivity index (χ2n) is 7.51. The summed E-state index contributed by atoms with van der Waals surface area (Å²) in [6.07, 6.45) is 0. The Labute approximate surface area is 170 Å². The number of nitrogens with two attached hydrogens (primary N) is 1. The molecule has 2 N–H and O–H groups in total. The second-order valence-corrected chi connectivity index (χ2v) is 7.51. The van der Waals surface area contributed by atoms with E-state index < -0.39 is 0 Å². The van der Waals surface area contributed by atoms with E-state index in [0.717, 1.165) is 17.0 Å². The minimum atomic E-state index is -0.0691. The highest BCUT2D eigenvalue weighted by Crippen LogP contribution is 2.28. The minimum absolute atomic E-state index is 0.0262. The first-order valence-corrected chi connectivity index (χ1v) is 9.77. The summed E-state index contributed by atoms with van der Waals surface area (Å²) in [5.41, 5.74) is 9.86. The van der Waals surface area contributed by atoms with Crippen LogP contribution in [0.5, 0.6) is 5.75 Å². The maximum atomic E-state index is 13.1. The van der Waals surface area contributed by atoms with Gasteiger partial charge in [0.15, 0.2) is 0 Å². The van der Waals surface area contributed by atoms with E-state index in [1.165, 1.54) is 5.56 Å². The van der Waals surface area contributed by atoms with Crippen molar-refractivity contribution in [1.82, 2.24) is 10.1 Å². The van der Waals surface area contributed by atoms with Gasteiger partial charge < -0.3 is 19.9 Å². The quantitative estimate of drug-likeness (QED) is 0.721. The van der Waals surface area contributed by atoms with Gasteiger partial charge in [-0.3, -0.25) is 4.79 Å². The molecule has 0 saturated carbocycles. The Balaban J connectivity index is 1.45. The van der Waals surface area contributed by atoms with Crippen molar-refractivity contribution in [3.63, 3.8) is 0 Å². The van der Waals surface area contributed by atoms with Gasteiger partial charge in [0.05, 0.1) is 11.3 Å². The van der Waals surface area contributed by atoms with Crippen LogP contribution in [0.2, 0.25) is 0 Å². The Kier molecular flexibility index (Phi) is 5.36. The monoisotopic (exact) mass is 391 g/mol. The minimum Gasteiger partial charge on any atom is -0.489 e. The van der Waals surface area contributed by atoms with Crippen LogP contribution in [-0.2, 0) is 6.61 Å². The number of nitrogens with zero attached hydrogens (tertiary/aromatic N) is 2. The first-order valence-electron chi connectivity index (χ1n) is 9.77. The number of carbonyl (C=O) groups is 1. The van der Waals surface area contributed by atoms with E-state index >= 15 is 0 Å². The van der Waals surface area contributed by atoms with Crippen molar-refractivity contribution < 1.29 is 14.1 Å². The van der Waals surface area contributed by atoms with Gasteiger partial charge in [0.1, 0.15) is 18.1 Å². The SMILES string of the molecule is Cc1noc(C)c1COc1cccc(C(=O)N2C[C@@H](N)[C@H](c3ccccc3)C2)c1. The predicted molar refractivity (Wildman–Crippen MR) is 110 cm³/mol. The van der Waals surface area contributed by atoms with E-state index in [9.17, 15) is 4.79 Å². The van der Waals surface area contributed by atoms with Crippen LogP contribution in [0.15, 0.2) is 59.1 Å². The number of likely N-dealkylation sites (tertiary alicyclic amines) is 1. The zero-order valence-electron chi connectivity index (χ0n) is 16.7. The Hall–Kier alpha value is -3.12. The molecule has 6 nitrogen and oxygen atoms in total. The number of hydrogen-bond acceptors (Lipinski definition) is 5. The molecule has 0 aliphatic carbocycles. The third-order valence-corrected chi connectivity index (χ3v) is 5.53. The number of carbonyl (C=O) groups excluding carboxylic acids is 1. The summed E-state index contributed by atoms with van der Waals surface area (Å²) in [6, 6.07) is 17.3. The molecular formula is C23H25N3O3. The first kappa shape index (κ1) is 19.2. The summed E-state index contributed by atoms with van der Waals surface area (Å²) in [4.78, 5) is 14.9. The molecule has 3 aromatic rings. The molecule has 0 radical (unpaired) electrons. The summed E-state index contributed by atoms with van der Waals surface area (Å²) < 4.78 is 11.0. The number of aromatic nitrogens is 1. The van der Waals surface area contributed by atoms with Gasteiger partial charge in [-0.25, -0.2) is 0 Å². The van der Waals surface area contributed by atoms with Gasteiger partial charge in [-0.2, -0.15) is 0 Å². The molecule has 1 fully saturated rings. The zero-order valence-corrected chi connectivity index (χ0v) is 16.7. The van der Waals surface area contributed by atoms with Crippen LogP contribution in [0, 0.1) is 13.8 Å². The third kappa shape index (κ3) is 4.03. The van der Waals surface area contributed by atoms with Crippen LogP contribution in [-0.4, -0.2) is 35.1 Å². The maximum Gasteiger partial charge on any atom is 0.254 e. The van der Waals surface area contributed by atoms with Gasteiger partial charge in [-0.15, -0.1) is 0 Å². The molecule has 1 amide bonds. The van der Waals surface area contributed by atoms with E-state index in [4.69, 9.17) is 15.0 Å². The van der Waals surface area contributed by atoms with Crippen molar-refractivity contribution in [2.24, 2.45) is 5.73 Å². The largest absolute Gasteiger partial charge is 0.489 e. The molecule has 1 aliphatic heterocycles. The lowest BCUT2D eigenvalue weighted by atomic mass is 9.95. The Morgan fingerprint density at radius 2 is 1.97 bits per heavy atom. The summed E-state index contributed by atoms with van der Waals surface area (Å²) in [6.45, 7) is 5.26. The number of aryl methyl sites for hydroxylation is 2. The fourth-order valence-electron chi connectivity index (χ4n) is 3.81.